The third-order valence-electron chi connectivity index (χ3n) is 2.08. The first-order chi connectivity index (χ1) is 7.02. The fourth-order valence-electron chi connectivity index (χ4n) is 1.26. The Hall–Kier alpha value is -1.07. The minimum atomic E-state index is -0.928. The normalized spacial score (nSPS) is 12.4. The number of para-hydroxylation sites is 1. The SMILES string of the molecule is Nc1c(Br)cccc1C(O)CCC(=O)O. The molecule has 1 rings (SSSR count). The van der Waals surface area contributed by atoms with Gasteiger partial charge in [0.25, 0.3) is 0 Å². The Kier molecular flexibility index (Phi) is 4.11. The van der Waals surface area contributed by atoms with Crippen LogP contribution in [0.15, 0.2) is 22.7 Å². The van der Waals surface area contributed by atoms with Crippen molar-refractivity contribution in [2.75, 3.05) is 5.73 Å². The van der Waals surface area contributed by atoms with Crippen molar-refractivity contribution in [1.82, 2.24) is 0 Å². The number of benzene rings is 1. The molecule has 0 aliphatic rings. The molecule has 0 saturated heterocycles. The van der Waals surface area contributed by atoms with Crippen molar-refractivity contribution in [2.24, 2.45) is 0 Å². The van der Waals surface area contributed by atoms with Crippen molar-refractivity contribution >= 4 is 27.6 Å². The van der Waals surface area contributed by atoms with E-state index in [-0.39, 0.29) is 12.8 Å². The van der Waals surface area contributed by atoms with Gasteiger partial charge in [-0.15, -0.1) is 0 Å². The number of anilines is 1. The third kappa shape index (κ3) is 3.21. The van der Waals surface area contributed by atoms with Gasteiger partial charge < -0.3 is 15.9 Å². The van der Waals surface area contributed by atoms with Crippen LogP contribution in [0.2, 0.25) is 0 Å². The summed E-state index contributed by atoms with van der Waals surface area (Å²) in [5.41, 5.74) is 6.75. The number of halogens is 1. The molecule has 82 valence electrons. The summed E-state index contributed by atoms with van der Waals surface area (Å²) >= 11 is 3.24. The maximum Gasteiger partial charge on any atom is 0.303 e. The van der Waals surface area contributed by atoms with Crippen molar-refractivity contribution < 1.29 is 15.0 Å². The minimum Gasteiger partial charge on any atom is -0.481 e. The van der Waals surface area contributed by atoms with E-state index in [9.17, 15) is 9.90 Å². The first-order valence-electron chi connectivity index (χ1n) is 4.46. The van der Waals surface area contributed by atoms with Gasteiger partial charge in [0.05, 0.1) is 11.8 Å². The molecule has 0 heterocycles. The molecule has 0 aliphatic carbocycles. The lowest BCUT2D eigenvalue weighted by molar-refractivity contribution is -0.137. The Balaban J connectivity index is 2.77. The van der Waals surface area contributed by atoms with E-state index in [2.05, 4.69) is 15.9 Å². The number of carbonyl (C=O) groups is 1. The Bertz CT molecular complexity index is 368. The van der Waals surface area contributed by atoms with E-state index < -0.39 is 12.1 Å². The van der Waals surface area contributed by atoms with Crippen LogP contribution in [0.5, 0.6) is 0 Å². The fraction of sp³-hybridized carbons (Fsp3) is 0.300. The second-order valence-electron chi connectivity index (χ2n) is 3.19. The van der Waals surface area contributed by atoms with Crippen LogP contribution in [0.1, 0.15) is 24.5 Å². The van der Waals surface area contributed by atoms with Gasteiger partial charge in [-0.1, -0.05) is 12.1 Å². The summed E-state index contributed by atoms with van der Waals surface area (Å²) < 4.78 is 0.703. The molecular weight excluding hydrogens is 262 g/mol. The number of nitrogens with two attached hydrogens (primary N) is 1. The van der Waals surface area contributed by atoms with Crippen LogP contribution in [0.3, 0.4) is 0 Å². The Labute approximate surface area is 95.8 Å². The summed E-state index contributed by atoms with van der Waals surface area (Å²) in [6.45, 7) is 0. The fourth-order valence-corrected chi connectivity index (χ4v) is 1.64. The minimum absolute atomic E-state index is 0.0763. The van der Waals surface area contributed by atoms with Crippen LogP contribution in [0, 0.1) is 0 Å². The van der Waals surface area contributed by atoms with E-state index in [4.69, 9.17) is 10.8 Å². The molecule has 0 aromatic heterocycles. The highest BCUT2D eigenvalue weighted by atomic mass is 79.9. The number of aliphatic hydroxyl groups excluding tert-OH is 1. The van der Waals surface area contributed by atoms with Crippen molar-refractivity contribution in [3.8, 4) is 0 Å². The monoisotopic (exact) mass is 273 g/mol. The molecule has 5 heteroatoms. The van der Waals surface area contributed by atoms with Gasteiger partial charge in [0.15, 0.2) is 0 Å². The number of carboxylic acids is 1. The topological polar surface area (TPSA) is 83.5 Å². The van der Waals surface area contributed by atoms with Gasteiger partial charge >= 0.3 is 5.97 Å². The van der Waals surface area contributed by atoms with Gasteiger partial charge in [-0.3, -0.25) is 4.79 Å². The maximum absolute atomic E-state index is 10.3. The first-order valence-corrected chi connectivity index (χ1v) is 5.25. The molecule has 0 fully saturated rings. The maximum atomic E-state index is 10.3. The predicted octanol–water partition coefficient (Wildman–Crippen LogP) is 1.93. The van der Waals surface area contributed by atoms with Crippen molar-refractivity contribution in [3.05, 3.63) is 28.2 Å². The molecule has 0 saturated carbocycles. The highest BCUT2D eigenvalue weighted by Gasteiger charge is 2.13. The van der Waals surface area contributed by atoms with Crippen molar-refractivity contribution in [1.29, 1.82) is 0 Å². The number of hydrogen-bond donors (Lipinski definition) is 3. The summed E-state index contributed by atoms with van der Waals surface area (Å²) in [5, 5.41) is 18.2. The van der Waals surface area contributed by atoms with Gasteiger partial charge in [0.1, 0.15) is 0 Å². The number of carboxylic acid groups (broad SMARTS) is 1. The van der Waals surface area contributed by atoms with Crippen molar-refractivity contribution in [3.63, 3.8) is 0 Å². The molecular formula is C10H12BrNO3. The highest BCUT2D eigenvalue weighted by molar-refractivity contribution is 9.10. The predicted molar refractivity (Wildman–Crippen MR) is 60.4 cm³/mol. The first kappa shape index (κ1) is 12.0. The number of nitrogen functional groups attached to an aromatic ring is 1. The molecule has 0 amide bonds. The highest BCUT2D eigenvalue weighted by Crippen LogP contribution is 2.29. The lowest BCUT2D eigenvalue weighted by Crippen LogP contribution is -2.05. The number of rotatable bonds is 4. The third-order valence-corrected chi connectivity index (χ3v) is 2.77. The van der Waals surface area contributed by atoms with E-state index in [0.717, 1.165) is 0 Å². The number of aliphatic hydroxyl groups is 1. The van der Waals surface area contributed by atoms with Gasteiger partial charge in [0.2, 0.25) is 0 Å². The smallest absolute Gasteiger partial charge is 0.303 e. The quantitative estimate of drug-likeness (QED) is 0.732. The average molecular weight is 274 g/mol. The molecule has 1 aromatic carbocycles. The zero-order valence-electron chi connectivity index (χ0n) is 7.98. The summed E-state index contributed by atoms with van der Waals surface area (Å²) in [6.07, 6.45) is -0.748. The summed E-state index contributed by atoms with van der Waals surface area (Å²) in [7, 11) is 0. The van der Waals surface area contributed by atoms with E-state index in [1.54, 1.807) is 18.2 Å². The molecule has 1 aromatic rings. The van der Waals surface area contributed by atoms with Gasteiger partial charge in [0, 0.05) is 16.5 Å². The van der Waals surface area contributed by atoms with Crippen LogP contribution in [0.25, 0.3) is 0 Å². The summed E-state index contributed by atoms with van der Waals surface area (Å²) in [5.74, 6) is -0.928. The molecule has 1 atom stereocenters. The van der Waals surface area contributed by atoms with E-state index in [1.165, 1.54) is 0 Å². The second-order valence-corrected chi connectivity index (χ2v) is 4.05. The standard InChI is InChI=1S/C10H12BrNO3/c11-7-3-1-2-6(10(7)12)8(13)4-5-9(14)15/h1-3,8,13H,4-5,12H2,(H,14,15). The van der Waals surface area contributed by atoms with Crippen LogP contribution in [-0.4, -0.2) is 16.2 Å². The molecule has 0 bridgehead atoms. The number of aliphatic carboxylic acids is 1. The van der Waals surface area contributed by atoms with Gasteiger partial charge in [-0.05, 0) is 28.4 Å². The molecule has 4 nitrogen and oxygen atoms in total. The van der Waals surface area contributed by atoms with Crippen molar-refractivity contribution in [2.45, 2.75) is 18.9 Å². The van der Waals surface area contributed by atoms with Gasteiger partial charge in [-0.25, -0.2) is 0 Å². The van der Waals surface area contributed by atoms with Crippen LogP contribution in [-0.2, 0) is 4.79 Å². The van der Waals surface area contributed by atoms with E-state index in [1.807, 2.05) is 0 Å². The molecule has 4 N–H and O–H groups in total. The van der Waals surface area contributed by atoms with Gasteiger partial charge in [-0.2, -0.15) is 0 Å². The van der Waals surface area contributed by atoms with Crippen LogP contribution < -0.4 is 5.73 Å². The zero-order chi connectivity index (χ0) is 11.4. The molecule has 0 aliphatic heterocycles. The molecule has 15 heavy (non-hydrogen) atoms. The molecule has 0 spiro atoms. The number of hydrogen-bond acceptors (Lipinski definition) is 3. The second kappa shape index (κ2) is 5.14. The summed E-state index contributed by atoms with van der Waals surface area (Å²) in [4.78, 5) is 10.3. The zero-order valence-corrected chi connectivity index (χ0v) is 9.57. The Morgan fingerprint density at radius 1 is 1.53 bits per heavy atom. The largest absolute Gasteiger partial charge is 0.481 e. The average Bonchev–Trinajstić information content (AvgIpc) is 2.18. The Morgan fingerprint density at radius 2 is 2.20 bits per heavy atom. The lowest BCUT2D eigenvalue weighted by atomic mass is 10.0. The van der Waals surface area contributed by atoms with E-state index >= 15 is 0 Å². The Morgan fingerprint density at radius 3 is 2.80 bits per heavy atom. The van der Waals surface area contributed by atoms with Crippen LogP contribution >= 0.6 is 15.9 Å². The van der Waals surface area contributed by atoms with Crippen LogP contribution in [0.4, 0.5) is 5.69 Å². The molecule has 0 radical (unpaired) electrons. The lowest BCUT2D eigenvalue weighted by Gasteiger charge is -2.13. The molecule has 1 unspecified atom stereocenters. The van der Waals surface area contributed by atoms with E-state index in [0.29, 0.717) is 15.7 Å². The summed E-state index contributed by atoms with van der Waals surface area (Å²) in [6, 6.07) is 5.20.